The van der Waals surface area contributed by atoms with Crippen molar-refractivity contribution in [2.24, 2.45) is 0 Å². The number of H-pyrrole nitrogens is 1. The van der Waals surface area contributed by atoms with Crippen LogP contribution in [0.2, 0.25) is 0 Å². The van der Waals surface area contributed by atoms with Crippen LogP contribution in [0.1, 0.15) is 32.3 Å². The van der Waals surface area contributed by atoms with Crippen LogP contribution in [-0.4, -0.2) is 21.1 Å². The minimum atomic E-state index is -0.948. The number of imidazole rings is 1. The smallest absolute Gasteiger partial charge is 0.237 e. The molecule has 1 heterocycles. The molecule has 4 nitrogen and oxygen atoms in total. The molecular weight excluding hydrogens is 356 g/mol. The summed E-state index contributed by atoms with van der Waals surface area (Å²) in [5, 5.41) is 2.94. The van der Waals surface area contributed by atoms with Gasteiger partial charge in [-0.2, -0.15) is 0 Å². The second-order valence-corrected chi connectivity index (χ2v) is 7.65. The van der Waals surface area contributed by atoms with Gasteiger partial charge in [-0.1, -0.05) is 43.8 Å². The molecule has 7 heteroatoms. The minimum absolute atomic E-state index is 0.166. The predicted octanol–water partition coefficient (Wildman–Crippen LogP) is 5.08. The maximum absolute atomic E-state index is 13.3. The number of benzene rings is 2. The normalized spacial score (nSPS) is 12.5. The van der Waals surface area contributed by atoms with Gasteiger partial charge in [-0.15, -0.1) is 0 Å². The zero-order valence-electron chi connectivity index (χ0n) is 14.6. The molecule has 3 rings (SSSR count). The quantitative estimate of drug-likeness (QED) is 0.611. The van der Waals surface area contributed by atoms with Crippen LogP contribution in [0.25, 0.3) is 11.0 Å². The Morgan fingerprint density at radius 1 is 1.15 bits per heavy atom. The number of amides is 1. The molecule has 0 aliphatic carbocycles. The first-order valence-corrected chi connectivity index (χ1v) is 9.14. The highest BCUT2D eigenvalue weighted by atomic mass is 32.2. The first kappa shape index (κ1) is 18.4. The number of rotatable bonds is 5. The number of aromatic amines is 1. The van der Waals surface area contributed by atoms with Crippen molar-refractivity contribution in [2.75, 3.05) is 5.32 Å². The fourth-order valence-corrected chi connectivity index (χ4v) is 3.43. The number of nitrogens with one attached hydrogen (secondary N) is 2. The molecule has 0 aliphatic heterocycles. The molecule has 0 aliphatic rings. The second kappa shape index (κ2) is 7.45. The van der Waals surface area contributed by atoms with Gasteiger partial charge in [0.15, 0.2) is 16.8 Å². The van der Waals surface area contributed by atoms with E-state index in [1.807, 2.05) is 24.3 Å². The zero-order chi connectivity index (χ0) is 18.8. The van der Waals surface area contributed by atoms with Crippen molar-refractivity contribution in [1.82, 2.24) is 9.97 Å². The van der Waals surface area contributed by atoms with Gasteiger partial charge in [0.05, 0.1) is 16.3 Å². The van der Waals surface area contributed by atoms with E-state index in [2.05, 4.69) is 29.1 Å². The zero-order valence-corrected chi connectivity index (χ0v) is 15.5. The van der Waals surface area contributed by atoms with Gasteiger partial charge in [0.2, 0.25) is 5.91 Å². The molecule has 1 aromatic heterocycles. The van der Waals surface area contributed by atoms with Crippen LogP contribution >= 0.6 is 11.8 Å². The topological polar surface area (TPSA) is 57.8 Å². The third-order valence-corrected chi connectivity index (χ3v) is 4.98. The van der Waals surface area contributed by atoms with E-state index >= 15 is 0 Å². The number of hydrogen-bond acceptors (Lipinski definition) is 3. The summed E-state index contributed by atoms with van der Waals surface area (Å²) < 4.78 is 26.6. The third-order valence-electron chi connectivity index (χ3n) is 4.00. The molecule has 136 valence electrons. The number of para-hydroxylation sites is 1. The first-order chi connectivity index (χ1) is 12.3. The Labute approximate surface area is 154 Å². The summed E-state index contributed by atoms with van der Waals surface area (Å²) in [5.41, 5.74) is 2.56. The van der Waals surface area contributed by atoms with E-state index in [0.29, 0.717) is 16.2 Å². The average Bonchev–Trinajstić information content (AvgIpc) is 2.96. The number of anilines is 1. The summed E-state index contributed by atoms with van der Waals surface area (Å²) in [6.45, 7) is 5.89. The van der Waals surface area contributed by atoms with Crippen LogP contribution in [0.15, 0.2) is 41.6 Å². The average molecular weight is 375 g/mol. The van der Waals surface area contributed by atoms with E-state index in [1.54, 1.807) is 6.92 Å². The van der Waals surface area contributed by atoms with Gasteiger partial charge in [-0.3, -0.25) is 4.79 Å². The minimum Gasteiger partial charge on any atom is -0.333 e. The lowest BCUT2D eigenvalue weighted by molar-refractivity contribution is -0.115. The summed E-state index contributed by atoms with van der Waals surface area (Å²) in [5.74, 6) is -1.76. The summed E-state index contributed by atoms with van der Waals surface area (Å²) >= 11 is 1.20. The van der Waals surface area contributed by atoms with Gasteiger partial charge < -0.3 is 10.3 Å². The van der Waals surface area contributed by atoms with Crippen molar-refractivity contribution >= 4 is 34.4 Å². The van der Waals surface area contributed by atoms with Crippen LogP contribution in [0.4, 0.5) is 14.5 Å². The highest BCUT2D eigenvalue weighted by Crippen LogP contribution is 2.27. The second-order valence-electron chi connectivity index (χ2n) is 6.32. The molecule has 0 radical (unpaired) electrons. The number of hydrogen-bond donors (Lipinski definition) is 2. The molecule has 2 N–H and O–H groups in total. The molecule has 0 saturated carbocycles. The summed E-state index contributed by atoms with van der Waals surface area (Å²) in [6, 6.07) is 9.77. The molecular formula is C19H19F2N3OS. The van der Waals surface area contributed by atoms with Crippen LogP contribution in [0, 0.1) is 11.6 Å². The highest BCUT2D eigenvalue weighted by molar-refractivity contribution is 8.00. The van der Waals surface area contributed by atoms with E-state index in [9.17, 15) is 13.6 Å². The van der Waals surface area contributed by atoms with Crippen molar-refractivity contribution in [3.63, 3.8) is 0 Å². The molecule has 1 atom stereocenters. The number of carbonyl (C=O) groups is 1. The summed E-state index contributed by atoms with van der Waals surface area (Å²) in [6.07, 6.45) is 0. The van der Waals surface area contributed by atoms with Gasteiger partial charge in [0.1, 0.15) is 0 Å². The van der Waals surface area contributed by atoms with Crippen molar-refractivity contribution in [1.29, 1.82) is 0 Å². The Morgan fingerprint density at radius 2 is 1.85 bits per heavy atom. The lowest BCUT2D eigenvalue weighted by atomic mass is 10.0. The Bertz CT molecular complexity index is 916. The highest BCUT2D eigenvalue weighted by Gasteiger charge is 2.19. The molecule has 2 aromatic carbocycles. The fraction of sp³-hybridized carbons (Fsp3) is 0.263. The lowest BCUT2D eigenvalue weighted by Gasteiger charge is -2.15. The Morgan fingerprint density at radius 3 is 2.58 bits per heavy atom. The molecule has 0 spiro atoms. The van der Waals surface area contributed by atoms with Crippen LogP contribution in [-0.2, 0) is 4.79 Å². The Balaban J connectivity index is 1.74. The number of halogens is 2. The molecule has 0 saturated heterocycles. The maximum atomic E-state index is 13.3. The fourth-order valence-electron chi connectivity index (χ4n) is 2.61. The van der Waals surface area contributed by atoms with Crippen molar-refractivity contribution in [3.05, 3.63) is 53.6 Å². The van der Waals surface area contributed by atoms with Gasteiger partial charge >= 0.3 is 0 Å². The molecule has 0 bridgehead atoms. The van der Waals surface area contributed by atoms with E-state index in [-0.39, 0.29) is 11.8 Å². The Hall–Kier alpha value is -2.41. The predicted molar refractivity (Wildman–Crippen MR) is 100 cm³/mol. The molecule has 3 aromatic rings. The van der Waals surface area contributed by atoms with Crippen molar-refractivity contribution in [3.8, 4) is 0 Å². The lowest BCUT2D eigenvalue weighted by Crippen LogP contribution is -2.23. The van der Waals surface area contributed by atoms with Gasteiger partial charge in [-0.05, 0) is 24.5 Å². The van der Waals surface area contributed by atoms with Crippen molar-refractivity contribution in [2.45, 2.75) is 37.1 Å². The number of fused-ring (bicyclic) bond motifs is 1. The molecule has 1 amide bonds. The third kappa shape index (κ3) is 3.88. The van der Waals surface area contributed by atoms with E-state index < -0.39 is 16.9 Å². The van der Waals surface area contributed by atoms with E-state index in [0.717, 1.165) is 23.4 Å². The Kier molecular flexibility index (Phi) is 5.27. The monoisotopic (exact) mass is 375 g/mol. The van der Waals surface area contributed by atoms with E-state index in [1.165, 1.54) is 11.8 Å². The van der Waals surface area contributed by atoms with Gasteiger partial charge in [0.25, 0.3) is 0 Å². The number of nitrogens with zero attached hydrogens (tertiary/aromatic N) is 1. The standard InChI is InChI=1S/C19H19F2N3OS/c1-10(2)12-6-4-5-7-15(12)22-18(25)11(3)26-19-23-16-8-13(20)14(21)9-17(16)24-19/h4-11H,1-3H3,(H,22,25)(H,23,24). The molecule has 1 unspecified atom stereocenters. The SMILES string of the molecule is CC(Sc1nc2cc(F)c(F)cc2[nH]1)C(=O)Nc1ccccc1C(C)C. The summed E-state index contributed by atoms with van der Waals surface area (Å²) in [4.78, 5) is 19.6. The van der Waals surface area contributed by atoms with Crippen LogP contribution in [0.5, 0.6) is 0 Å². The summed E-state index contributed by atoms with van der Waals surface area (Å²) in [7, 11) is 0. The van der Waals surface area contributed by atoms with Crippen molar-refractivity contribution < 1.29 is 13.6 Å². The molecule has 26 heavy (non-hydrogen) atoms. The largest absolute Gasteiger partial charge is 0.333 e. The molecule has 0 fully saturated rings. The number of aromatic nitrogens is 2. The van der Waals surface area contributed by atoms with Crippen LogP contribution < -0.4 is 5.32 Å². The van der Waals surface area contributed by atoms with Gasteiger partial charge in [-0.25, -0.2) is 13.8 Å². The maximum Gasteiger partial charge on any atom is 0.237 e. The van der Waals surface area contributed by atoms with E-state index in [4.69, 9.17) is 0 Å². The number of carbonyl (C=O) groups excluding carboxylic acids is 1. The first-order valence-electron chi connectivity index (χ1n) is 8.26. The van der Waals surface area contributed by atoms with Gasteiger partial charge in [0, 0.05) is 17.8 Å². The van der Waals surface area contributed by atoms with Crippen LogP contribution in [0.3, 0.4) is 0 Å². The number of thioether (sulfide) groups is 1.